The number of hydrogen-bond acceptors (Lipinski definition) is 4. The van der Waals surface area contributed by atoms with Crippen molar-refractivity contribution < 1.29 is 14.6 Å². The molecular formula is C15H25NO3. The molecule has 108 valence electrons. The summed E-state index contributed by atoms with van der Waals surface area (Å²) in [6.07, 6.45) is 2.89. The second-order valence-corrected chi connectivity index (χ2v) is 4.55. The Morgan fingerprint density at radius 3 is 2.47 bits per heavy atom. The summed E-state index contributed by atoms with van der Waals surface area (Å²) in [4.78, 5) is 0. The molecule has 0 bridgehead atoms. The van der Waals surface area contributed by atoms with Gasteiger partial charge in [0.1, 0.15) is 5.75 Å². The minimum absolute atomic E-state index is 0.468. The molecule has 4 nitrogen and oxygen atoms in total. The van der Waals surface area contributed by atoms with E-state index in [-0.39, 0.29) is 0 Å². The average Bonchev–Trinajstić information content (AvgIpc) is 2.46. The molecule has 1 rings (SSSR count). The molecule has 0 fully saturated rings. The fourth-order valence-electron chi connectivity index (χ4n) is 1.86. The van der Waals surface area contributed by atoms with Crippen LogP contribution in [0, 0.1) is 0 Å². The molecule has 0 aliphatic rings. The van der Waals surface area contributed by atoms with Crippen LogP contribution in [0.5, 0.6) is 5.75 Å². The molecule has 0 saturated heterocycles. The van der Waals surface area contributed by atoms with Crippen LogP contribution in [0.2, 0.25) is 0 Å². The maximum atomic E-state index is 10.0. The van der Waals surface area contributed by atoms with E-state index in [4.69, 9.17) is 9.47 Å². The first-order valence-corrected chi connectivity index (χ1v) is 6.79. The largest absolute Gasteiger partial charge is 0.497 e. The van der Waals surface area contributed by atoms with E-state index in [1.165, 1.54) is 0 Å². The number of methoxy groups -OCH3 is 2. The van der Waals surface area contributed by atoms with Crippen LogP contribution in [0.3, 0.4) is 0 Å². The summed E-state index contributed by atoms with van der Waals surface area (Å²) < 4.78 is 10.1. The van der Waals surface area contributed by atoms with Gasteiger partial charge in [-0.05, 0) is 43.5 Å². The third-order valence-corrected chi connectivity index (χ3v) is 3.04. The number of benzene rings is 1. The van der Waals surface area contributed by atoms with Gasteiger partial charge in [0, 0.05) is 20.3 Å². The standard InChI is InChI=1S/C15H25NO3/c1-18-11-5-3-4-10-16-12-15(17)13-6-8-14(19-2)9-7-13/h6-9,15-17H,3-5,10-12H2,1-2H3. The molecule has 0 heterocycles. The van der Waals surface area contributed by atoms with E-state index < -0.39 is 6.10 Å². The lowest BCUT2D eigenvalue weighted by Gasteiger charge is -2.12. The second kappa shape index (κ2) is 9.78. The average molecular weight is 267 g/mol. The van der Waals surface area contributed by atoms with Crippen LogP contribution in [-0.4, -0.2) is 39.0 Å². The Hall–Kier alpha value is -1.10. The molecule has 19 heavy (non-hydrogen) atoms. The fraction of sp³-hybridized carbons (Fsp3) is 0.600. The number of nitrogens with one attached hydrogen (secondary N) is 1. The van der Waals surface area contributed by atoms with E-state index in [0.717, 1.165) is 43.7 Å². The number of aliphatic hydroxyl groups excluding tert-OH is 1. The summed E-state index contributed by atoms with van der Waals surface area (Å²) in [5.74, 6) is 0.807. The molecule has 0 saturated carbocycles. The highest BCUT2D eigenvalue weighted by Crippen LogP contribution is 2.16. The van der Waals surface area contributed by atoms with Crippen LogP contribution in [0.4, 0.5) is 0 Å². The summed E-state index contributed by atoms with van der Waals surface area (Å²) in [6.45, 7) is 2.34. The molecule has 0 amide bonds. The van der Waals surface area contributed by atoms with Crippen molar-refractivity contribution in [1.82, 2.24) is 5.32 Å². The number of unbranched alkanes of at least 4 members (excludes halogenated alkanes) is 2. The molecular weight excluding hydrogens is 242 g/mol. The highest BCUT2D eigenvalue weighted by Gasteiger charge is 2.06. The van der Waals surface area contributed by atoms with Crippen LogP contribution >= 0.6 is 0 Å². The Kier molecular flexibility index (Phi) is 8.21. The van der Waals surface area contributed by atoms with Crippen molar-refractivity contribution >= 4 is 0 Å². The number of rotatable bonds is 10. The first-order valence-electron chi connectivity index (χ1n) is 6.79. The summed E-state index contributed by atoms with van der Waals surface area (Å²) >= 11 is 0. The zero-order valence-corrected chi connectivity index (χ0v) is 11.9. The summed E-state index contributed by atoms with van der Waals surface area (Å²) in [5.41, 5.74) is 0.910. The van der Waals surface area contributed by atoms with Gasteiger partial charge in [-0.2, -0.15) is 0 Å². The van der Waals surface area contributed by atoms with Crippen molar-refractivity contribution in [3.8, 4) is 5.75 Å². The lowest BCUT2D eigenvalue weighted by Crippen LogP contribution is -2.22. The Morgan fingerprint density at radius 1 is 1.11 bits per heavy atom. The van der Waals surface area contributed by atoms with Gasteiger partial charge in [-0.15, -0.1) is 0 Å². The third-order valence-electron chi connectivity index (χ3n) is 3.04. The van der Waals surface area contributed by atoms with E-state index in [2.05, 4.69) is 5.32 Å². The SMILES string of the molecule is COCCCCCNCC(O)c1ccc(OC)cc1. The lowest BCUT2D eigenvalue weighted by atomic mass is 10.1. The zero-order valence-electron chi connectivity index (χ0n) is 11.9. The van der Waals surface area contributed by atoms with Gasteiger partial charge in [0.05, 0.1) is 13.2 Å². The van der Waals surface area contributed by atoms with Gasteiger partial charge in [0.2, 0.25) is 0 Å². The Morgan fingerprint density at radius 2 is 1.84 bits per heavy atom. The maximum Gasteiger partial charge on any atom is 0.118 e. The molecule has 1 unspecified atom stereocenters. The molecule has 2 N–H and O–H groups in total. The van der Waals surface area contributed by atoms with Gasteiger partial charge < -0.3 is 19.9 Å². The normalized spacial score (nSPS) is 12.4. The minimum atomic E-state index is -0.468. The van der Waals surface area contributed by atoms with Crippen molar-refractivity contribution in [2.75, 3.05) is 33.9 Å². The monoisotopic (exact) mass is 267 g/mol. The molecule has 4 heteroatoms. The number of ether oxygens (including phenoxy) is 2. The molecule has 1 aromatic rings. The van der Waals surface area contributed by atoms with E-state index in [1.807, 2.05) is 24.3 Å². The smallest absolute Gasteiger partial charge is 0.118 e. The topological polar surface area (TPSA) is 50.7 Å². The van der Waals surface area contributed by atoms with E-state index in [9.17, 15) is 5.11 Å². The fourth-order valence-corrected chi connectivity index (χ4v) is 1.86. The predicted octanol–water partition coefficient (Wildman–Crippen LogP) is 2.13. The van der Waals surface area contributed by atoms with Crippen LogP contribution in [0.15, 0.2) is 24.3 Å². The van der Waals surface area contributed by atoms with Crippen molar-refractivity contribution in [3.05, 3.63) is 29.8 Å². The first-order chi connectivity index (χ1) is 9.27. The quantitative estimate of drug-likeness (QED) is 0.638. The van der Waals surface area contributed by atoms with Crippen LogP contribution in [0.1, 0.15) is 30.9 Å². The molecule has 1 aromatic carbocycles. The van der Waals surface area contributed by atoms with E-state index in [1.54, 1.807) is 14.2 Å². The summed E-state index contributed by atoms with van der Waals surface area (Å²) in [7, 11) is 3.36. The molecule has 0 aliphatic carbocycles. The lowest BCUT2D eigenvalue weighted by molar-refractivity contribution is 0.173. The van der Waals surface area contributed by atoms with Crippen molar-refractivity contribution in [2.45, 2.75) is 25.4 Å². The Bertz CT molecular complexity index is 327. The molecule has 1 atom stereocenters. The number of hydrogen-bond donors (Lipinski definition) is 2. The van der Waals surface area contributed by atoms with Gasteiger partial charge in [0.15, 0.2) is 0 Å². The van der Waals surface area contributed by atoms with Crippen molar-refractivity contribution in [3.63, 3.8) is 0 Å². The van der Waals surface area contributed by atoms with Crippen molar-refractivity contribution in [1.29, 1.82) is 0 Å². The van der Waals surface area contributed by atoms with Crippen LogP contribution in [-0.2, 0) is 4.74 Å². The number of aliphatic hydroxyl groups is 1. The Labute approximate surface area is 115 Å². The van der Waals surface area contributed by atoms with E-state index in [0.29, 0.717) is 6.54 Å². The van der Waals surface area contributed by atoms with Gasteiger partial charge >= 0.3 is 0 Å². The van der Waals surface area contributed by atoms with E-state index >= 15 is 0 Å². The minimum Gasteiger partial charge on any atom is -0.497 e. The highest BCUT2D eigenvalue weighted by molar-refractivity contribution is 5.28. The maximum absolute atomic E-state index is 10.0. The third kappa shape index (κ3) is 6.57. The van der Waals surface area contributed by atoms with Crippen molar-refractivity contribution in [2.24, 2.45) is 0 Å². The van der Waals surface area contributed by atoms with Gasteiger partial charge in [0.25, 0.3) is 0 Å². The molecule has 0 aromatic heterocycles. The van der Waals surface area contributed by atoms with Gasteiger partial charge in [-0.25, -0.2) is 0 Å². The highest BCUT2D eigenvalue weighted by atomic mass is 16.5. The second-order valence-electron chi connectivity index (χ2n) is 4.55. The Balaban J connectivity index is 2.14. The van der Waals surface area contributed by atoms with Crippen LogP contribution < -0.4 is 10.1 Å². The molecule has 0 radical (unpaired) electrons. The summed E-state index contributed by atoms with van der Waals surface area (Å²) in [6, 6.07) is 7.51. The summed E-state index contributed by atoms with van der Waals surface area (Å²) in [5, 5.41) is 13.3. The first kappa shape index (κ1) is 16.0. The van der Waals surface area contributed by atoms with Gasteiger partial charge in [-0.1, -0.05) is 12.1 Å². The molecule has 0 spiro atoms. The zero-order chi connectivity index (χ0) is 13.9. The van der Waals surface area contributed by atoms with Gasteiger partial charge in [-0.3, -0.25) is 0 Å². The molecule has 0 aliphatic heterocycles. The van der Waals surface area contributed by atoms with Crippen LogP contribution in [0.25, 0.3) is 0 Å². The predicted molar refractivity (Wildman–Crippen MR) is 76.6 cm³/mol.